The standard InChI is InChI=1S/C70H51N/c1-69(2)62-40-19-18-37-61(62)67-57(38-22-42-64(67)69)50-28-21-33-53(46-50)71(66-43-23-39-56(49-26-9-4-10-27-49)68(66)60-36-16-15-34-55(60)48-24-7-3-8-25-48)54-44-45-59-58-35-17-20-41-63(58)70(65(59)47-54,51-29-11-5-12-30-51)52-31-13-6-14-32-52/h3-47H,1-2H3. The summed E-state index contributed by atoms with van der Waals surface area (Å²) in [4.78, 5) is 2.54. The van der Waals surface area contributed by atoms with Crippen LogP contribution < -0.4 is 4.90 Å². The Morgan fingerprint density at radius 2 is 0.718 bits per heavy atom. The maximum Gasteiger partial charge on any atom is 0.0714 e. The molecule has 0 heterocycles. The number of anilines is 3. The summed E-state index contributed by atoms with van der Waals surface area (Å²) in [7, 11) is 0. The lowest BCUT2D eigenvalue weighted by molar-refractivity contribution is 0.660. The number of benzene rings is 11. The minimum absolute atomic E-state index is 0.115. The van der Waals surface area contributed by atoms with Crippen LogP contribution in [0.2, 0.25) is 0 Å². The second kappa shape index (κ2) is 17.0. The summed E-state index contributed by atoms with van der Waals surface area (Å²) in [5, 5.41) is 0. The molecule has 0 unspecified atom stereocenters. The lowest BCUT2D eigenvalue weighted by Gasteiger charge is -2.35. The highest BCUT2D eigenvalue weighted by atomic mass is 15.1. The summed E-state index contributed by atoms with van der Waals surface area (Å²) < 4.78 is 0. The van der Waals surface area contributed by atoms with E-state index < -0.39 is 5.41 Å². The Morgan fingerprint density at radius 3 is 1.39 bits per heavy atom. The van der Waals surface area contributed by atoms with Crippen molar-refractivity contribution in [2.45, 2.75) is 24.7 Å². The molecule has 0 saturated heterocycles. The van der Waals surface area contributed by atoms with Crippen molar-refractivity contribution in [3.8, 4) is 66.8 Å². The molecule has 0 aliphatic heterocycles. The summed E-state index contributed by atoms with van der Waals surface area (Å²) in [5.74, 6) is 0. The van der Waals surface area contributed by atoms with Crippen LogP contribution in [0.15, 0.2) is 273 Å². The van der Waals surface area contributed by atoms with Gasteiger partial charge in [0.05, 0.1) is 11.1 Å². The molecule has 11 aromatic rings. The third kappa shape index (κ3) is 6.68. The second-order valence-corrected chi connectivity index (χ2v) is 19.5. The van der Waals surface area contributed by atoms with Gasteiger partial charge in [-0.2, -0.15) is 0 Å². The van der Waals surface area contributed by atoms with Crippen LogP contribution >= 0.6 is 0 Å². The highest BCUT2D eigenvalue weighted by Gasteiger charge is 2.46. The van der Waals surface area contributed by atoms with E-state index in [1.54, 1.807) is 0 Å². The number of nitrogens with zero attached hydrogens (tertiary/aromatic N) is 1. The van der Waals surface area contributed by atoms with E-state index in [0.717, 1.165) is 17.1 Å². The first kappa shape index (κ1) is 42.3. The third-order valence-electron chi connectivity index (χ3n) is 15.4. The average Bonchev–Trinajstić information content (AvgIpc) is 3.88. The highest BCUT2D eigenvalue weighted by Crippen LogP contribution is 2.58. The Bertz CT molecular complexity index is 3740. The van der Waals surface area contributed by atoms with Crippen molar-refractivity contribution < 1.29 is 0 Å². The number of hydrogen-bond acceptors (Lipinski definition) is 1. The lowest BCUT2D eigenvalue weighted by atomic mass is 9.67. The Balaban J connectivity index is 1.12. The normalized spacial score (nSPS) is 13.4. The van der Waals surface area contributed by atoms with Crippen molar-refractivity contribution >= 4 is 17.1 Å². The lowest BCUT2D eigenvalue weighted by Crippen LogP contribution is -2.28. The van der Waals surface area contributed by atoms with Gasteiger partial charge in [-0.05, 0) is 125 Å². The average molecular weight is 906 g/mol. The largest absolute Gasteiger partial charge is 0.310 e. The van der Waals surface area contributed by atoms with Gasteiger partial charge in [0.15, 0.2) is 0 Å². The topological polar surface area (TPSA) is 3.24 Å². The van der Waals surface area contributed by atoms with Crippen LogP contribution in [0.4, 0.5) is 17.1 Å². The van der Waals surface area contributed by atoms with E-state index in [1.165, 1.54) is 100 Å². The Morgan fingerprint density at radius 1 is 0.268 bits per heavy atom. The molecule has 0 fully saturated rings. The van der Waals surface area contributed by atoms with E-state index in [2.05, 4.69) is 292 Å². The smallest absolute Gasteiger partial charge is 0.0714 e. The Labute approximate surface area is 417 Å². The molecule has 71 heavy (non-hydrogen) atoms. The molecule has 0 atom stereocenters. The fraction of sp³-hybridized carbons (Fsp3) is 0.0571. The van der Waals surface area contributed by atoms with E-state index in [-0.39, 0.29) is 5.41 Å². The molecule has 0 bridgehead atoms. The molecule has 336 valence electrons. The predicted molar refractivity (Wildman–Crippen MR) is 298 cm³/mol. The highest BCUT2D eigenvalue weighted by molar-refractivity contribution is 6.02. The third-order valence-corrected chi connectivity index (χ3v) is 15.4. The molecule has 0 saturated carbocycles. The van der Waals surface area contributed by atoms with Gasteiger partial charge in [0.25, 0.3) is 0 Å². The first-order chi connectivity index (χ1) is 35.0. The number of hydrogen-bond donors (Lipinski definition) is 0. The molecule has 0 spiro atoms. The van der Waals surface area contributed by atoms with Gasteiger partial charge in [-0.1, -0.05) is 257 Å². The van der Waals surface area contributed by atoms with Crippen molar-refractivity contribution in [2.24, 2.45) is 0 Å². The maximum atomic E-state index is 2.54. The SMILES string of the molecule is CC1(C)c2ccccc2-c2c(-c3cccc(N(c4ccc5c(c4)C(c4ccccc4)(c4ccccc4)c4ccccc4-5)c4cccc(-c5ccccc5)c4-c4ccccc4-c4ccccc4)c3)cccc21. The van der Waals surface area contributed by atoms with Gasteiger partial charge >= 0.3 is 0 Å². The van der Waals surface area contributed by atoms with Gasteiger partial charge in [-0.15, -0.1) is 0 Å². The molecule has 0 amide bonds. The van der Waals surface area contributed by atoms with Gasteiger partial charge in [-0.3, -0.25) is 0 Å². The van der Waals surface area contributed by atoms with E-state index in [0.29, 0.717) is 0 Å². The molecular weight excluding hydrogens is 855 g/mol. The van der Waals surface area contributed by atoms with Crippen molar-refractivity contribution in [2.75, 3.05) is 4.90 Å². The molecule has 13 rings (SSSR count). The minimum atomic E-state index is -0.572. The van der Waals surface area contributed by atoms with Gasteiger partial charge in [0, 0.05) is 22.4 Å². The van der Waals surface area contributed by atoms with Gasteiger partial charge in [0.2, 0.25) is 0 Å². The van der Waals surface area contributed by atoms with Crippen LogP contribution in [0.5, 0.6) is 0 Å². The van der Waals surface area contributed by atoms with Crippen molar-refractivity contribution in [3.63, 3.8) is 0 Å². The quantitative estimate of drug-likeness (QED) is 0.139. The van der Waals surface area contributed by atoms with Gasteiger partial charge < -0.3 is 4.90 Å². The molecule has 2 aliphatic rings. The van der Waals surface area contributed by atoms with E-state index in [1.807, 2.05) is 0 Å². The molecule has 2 aliphatic carbocycles. The summed E-state index contributed by atoms with van der Waals surface area (Å²) >= 11 is 0. The first-order valence-corrected chi connectivity index (χ1v) is 24.8. The van der Waals surface area contributed by atoms with Crippen LogP contribution in [0.25, 0.3) is 66.8 Å². The van der Waals surface area contributed by atoms with E-state index in [4.69, 9.17) is 0 Å². The van der Waals surface area contributed by atoms with Crippen molar-refractivity contribution in [1.29, 1.82) is 0 Å². The maximum absolute atomic E-state index is 2.54. The molecule has 0 N–H and O–H groups in total. The van der Waals surface area contributed by atoms with Gasteiger partial charge in [0.1, 0.15) is 0 Å². The van der Waals surface area contributed by atoms with Crippen LogP contribution in [0.3, 0.4) is 0 Å². The zero-order valence-corrected chi connectivity index (χ0v) is 39.9. The fourth-order valence-electron chi connectivity index (χ4n) is 12.2. The molecule has 11 aromatic carbocycles. The Hall–Kier alpha value is -8.78. The molecule has 1 nitrogen and oxygen atoms in total. The van der Waals surface area contributed by atoms with Crippen LogP contribution in [0.1, 0.15) is 47.2 Å². The zero-order chi connectivity index (χ0) is 47.5. The number of fused-ring (bicyclic) bond motifs is 6. The summed E-state index contributed by atoms with van der Waals surface area (Å²) in [6.45, 7) is 4.73. The van der Waals surface area contributed by atoms with Gasteiger partial charge in [-0.25, -0.2) is 0 Å². The van der Waals surface area contributed by atoms with Crippen LogP contribution in [-0.2, 0) is 10.8 Å². The molecular formula is C70H51N. The summed E-state index contributed by atoms with van der Waals surface area (Å²) in [5.41, 5.74) is 25.0. The monoisotopic (exact) mass is 905 g/mol. The second-order valence-electron chi connectivity index (χ2n) is 19.5. The zero-order valence-electron chi connectivity index (χ0n) is 39.9. The first-order valence-electron chi connectivity index (χ1n) is 24.8. The molecule has 0 aromatic heterocycles. The predicted octanol–water partition coefficient (Wildman–Crippen LogP) is 18.5. The molecule has 0 radical (unpaired) electrons. The van der Waals surface area contributed by atoms with E-state index >= 15 is 0 Å². The van der Waals surface area contributed by atoms with Crippen LogP contribution in [-0.4, -0.2) is 0 Å². The Kier molecular flexibility index (Phi) is 10.1. The number of rotatable bonds is 9. The minimum Gasteiger partial charge on any atom is -0.310 e. The van der Waals surface area contributed by atoms with Crippen molar-refractivity contribution in [3.05, 3.63) is 306 Å². The summed E-state index contributed by atoms with van der Waals surface area (Å²) in [6.07, 6.45) is 0. The fourth-order valence-corrected chi connectivity index (χ4v) is 12.2. The molecule has 1 heteroatoms. The van der Waals surface area contributed by atoms with E-state index in [9.17, 15) is 0 Å². The van der Waals surface area contributed by atoms with Crippen LogP contribution in [0, 0.1) is 0 Å². The summed E-state index contributed by atoms with van der Waals surface area (Å²) in [6, 6.07) is 101. The van der Waals surface area contributed by atoms with Crippen molar-refractivity contribution in [1.82, 2.24) is 0 Å².